The molecule has 8 nitrogen and oxygen atoms in total. The number of aryl methyl sites for hydroxylation is 2. The molecule has 2 aromatic heterocycles. The van der Waals surface area contributed by atoms with Gasteiger partial charge in [-0.1, -0.05) is 13.8 Å². The second-order valence-corrected chi connectivity index (χ2v) is 8.09. The molecule has 1 spiro atoms. The molecule has 0 saturated carbocycles. The monoisotopic (exact) mass is 384 g/mol. The Morgan fingerprint density at radius 3 is 2.64 bits per heavy atom. The Kier molecular flexibility index (Phi) is 4.91. The van der Waals surface area contributed by atoms with Crippen LogP contribution in [0.4, 0.5) is 0 Å². The average molecular weight is 384 g/mol. The fourth-order valence-corrected chi connectivity index (χ4v) is 4.14. The van der Waals surface area contributed by atoms with Crippen LogP contribution in [0.2, 0.25) is 0 Å². The lowest BCUT2D eigenvalue weighted by Gasteiger charge is -2.44. The van der Waals surface area contributed by atoms with Crippen molar-refractivity contribution >= 4 is 5.91 Å². The number of amides is 1. The number of hydrogen-bond acceptors (Lipinski definition) is 6. The number of likely N-dealkylation sites (tertiary alicyclic amines) is 1. The van der Waals surface area contributed by atoms with Crippen LogP contribution in [0.3, 0.4) is 0 Å². The van der Waals surface area contributed by atoms with Crippen LogP contribution in [0.15, 0.2) is 6.20 Å². The van der Waals surface area contributed by atoms with Crippen molar-refractivity contribution in [1.82, 2.24) is 29.6 Å². The summed E-state index contributed by atoms with van der Waals surface area (Å²) in [7, 11) is 0. The first kappa shape index (κ1) is 19.0. The molecule has 1 saturated heterocycles. The Morgan fingerprint density at radius 2 is 2.00 bits per heavy atom. The van der Waals surface area contributed by atoms with Gasteiger partial charge in [-0.2, -0.15) is 5.10 Å². The Labute approximate surface area is 165 Å². The molecule has 4 rings (SSSR count). The van der Waals surface area contributed by atoms with E-state index in [2.05, 4.69) is 28.9 Å². The summed E-state index contributed by atoms with van der Waals surface area (Å²) in [4.78, 5) is 28.3. The van der Waals surface area contributed by atoms with E-state index >= 15 is 0 Å². The largest absolute Gasteiger partial charge is 0.368 e. The molecule has 1 amide bonds. The summed E-state index contributed by atoms with van der Waals surface area (Å²) < 4.78 is 7.96. The number of piperidine rings is 1. The molecule has 1 fully saturated rings. The predicted molar refractivity (Wildman–Crippen MR) is 103 cm³/mol. The normalized spacial score (nSPS) is 18.5. The smallest absolute Gasteiger partial charge is 0.244 e. The number of rotatable bonds is 3. The molecule has 2 aliphatic rings. The number of carbonyl (C=O) groups excluding carboxylic acids is 1. The summed E-state index contributed by atoms with van der Waals surface area (Å²) in [5.74, 6) is 2.67. The van der Waals surface area contributed by atoms with E-state index in [1.54, 1.807) is 4.68 Å². The molecular formula is C20H28N6O2. The zero-order valence-corrected chi connectivity index (χ0v) is 17.1. The molecule has 0 radical (unpaired) electrons. The van der Waals surface area contributed by atoms with Crippen molar-refractivity contribution in [3.63, 3.8) is 0 Å². The van der Waals surface area contributed by atoms with Crippen molar-refractivity contribution in [2.75, 3.05) is 19.7 Å². The molecule has 0 atom stereocenters. The molecule has 28 heavy (non-hydrogen) atoms. The van der Waals surface area contributed by atoms with Crippen molar-refractivity contribution in [2.24, 2.45) is 0 Å². The third-order valence-electron chi connectivity index (χ3n) is 5.75. The summed E-state index contributed by atoms with van der Waals surface area (Å²) in [5, 5.41) is 4.30. The highest BCUT2D eigenvalue weighted by molar-refractivity contribution is 5.76. The van der Waals surface area contributed by atoms with Crippen molar-refractivity contribution in [1.29, 1.82) is 0 Å². The number of ether oxygens (including phenoxy) is 1. The van der Waals surface area contributed by atoms with Gasteiger partial charge < -0.3 is 9.64 Å². The van der Waals surface area contributed by atoms with Crippen molar-refractivity contribution in [3.05, 3.63) is 34.9 Å². The number of fused-ring (bicyclic) bond motifs is 2. The van der Waals surface area contributed by atoms with Gasteiger partial charge in [0.1, 0.15) is 29.6 Å². The molecule has 2 aliphatic heterocycles. The van der Waals surface area contributed by atoms with Crippen molar-refractivity contribution in [3.8, 4) is 0 Å². The first-order chi connectivity index (χ1) is 13.4. The molecule has 0 unspecified atom stereocenters. The molecule has 2 aromatic rings. The molecule has 0 bridgehead atoms. The van der Waals surface area contributed by atoms with Gasteiger partial charge in [-0.15, -0.1) is 0 Å². The van der Waals surface area contributed by atoms with Gasteiger partial charge in [0.05, 0.1) is 12.3 Å². The fourth-order valence-electron chi connectivity index (χ4n) is 4.14. The summed E-state index contributed by atoms with van der Waals surface area (Å²) in [5.41, 5.74) is 1.83. The van der Waals surface area contributed by atoms with Gasteiger partial charge in [0.25, 0.3) is 0 Å². The van der Waals surface area contributed by atoms with Crippen LogP contribution < -0.4 is 0 Å². The van der Waals surface area contributed by atoms with Crippen LogP contribution in [0.1, 0.15) is 61.3 Å². The first-order valence-corrected chi connectivity index (χ1v) is 10.0. The van der Waals surface area contributed by atoms with Gasteiger partial charge in [0.2, 0.25) is 5.91 Å². The Hall–Kier alpha value is -2.35. The Morgan fingerprint density at radius 1 is 1.25 bits per heavy atom. The van der Waals surface area contributed by atoms with Gasteiger partial charge in [-0.25, -0.2) is 19.6 Å². The van der Waals surface area contributed by atoms with E-state index < -0.39 is 5.60 Å². The van der Waals surface area contributed by atoms with Crippen LogP contribution in [0.25, 0.3) is 0 Å². The minimum Gasteiger partial charge on any atom is -0.368 e. The maximum absolute atomic E-state index is 12.8. The maximum Gasteiger partial charge on any atom is 0.244 e. The second-order valence-electron chi connectivity index (χ2n) is 8.09. The predicted octanol–water partition coefficient (Wildman–Crippen LogP) is 1.90. The first-order valence-electron chi connectivity index (χ1n) is 10.0. The third-order valence-corrected chi connectivity index (χ3v) is 5.75. The van der Waals surface area contributed by atoms with Crippen molar-refractivity contribution < 1.29 is 9.53 Å². The van der Waals surface area contributed by atoms with E-state index in [0.717, 1.165) is 36.6 Å². The maximum atomic E-state index is 12.8. The Bertz CT molecular complexity index is 883. The molecule has 8 heteroatoms. The van der Waals surface area contributed by atoms with E-state index in [4.69, 9.17) is 9.72 Å². The molecule has 4 heterocycles. The number of hydrogen-bond donors (Lipinski definition) is 0. The van der Waals surface area contributed by atoms with Crippen LogP contribution >= 0.6 is 0 Å². The standard InChI is InChI=1S/C20H28N6O2/c1-13(2)19-21-11-16-5-10-28-20(18(16)23-19)6-8-25(9-7-20)17(27)12-26-15(4)22-14(3)24-26/h11,13H,5-10,12H2,1-4H3. The van der Waals surface area contributed by atoms with E-state index in [9.17, 15) is 4.79 Å². The minimum absolute atomic E-state index is 0.0736. The fraction of sp³-hybridized carbons (Fsp3) is 0.650. The van der Waals surface area contributed by atoms with Gasteiger partial charge in [-0.3, -0.25) is 4.79 Å². The SMILES string of the molecule is Cc1nc(C)n(CC(=O)N2CCC3(CC2)OCCc2cnc(C(C)C)nc23)n1. The quantitative estimate of drug-likeness (QED) is 0.803. The number of nitrogens with zero attached hydrogens (tertiary/aromatic N) is 6. The third kappa shape index (κ3) is 3.41. The number of carbonyl (C=O) groups is 1. The van der Waals surface area contributed by atoms with Gasteiger partial charge in [0, 0.05) is 25.2 Å². The molecular weight excluding hydrogens is 356 g/mol. The Balaban J connectivity index is 1.49. The minimum atomic E-state index is -0.392. The molecule has 150 valence electrons. The summed E-state index contributed by atoms with van der Waals surface area (Å²) in [6.07, 6.45) is 4.34. The van der Waals surface area contributed by atoms with Crippen LogP contribution in [0.5, 0.6) is 0 Å². The van der Waals surface area contributed by atoms with Crippen LogP contribution in [-0.2, 0) is 28.1 Å². The highest BCUT2D eigenvalue weighted by atomic mass is 16.5. The number of aromatic nitrogens is 5. The van der Waals surface area contributed by atoms with E-state index in [1.807, 2.05) is 24.9 Å². The topological polar surface area (TPSA) is 86.0 Å². The van der Waals surface area contributed by atoms with Crippen LogP contribution in [-0.4, -0.2) is 55.2 Å². The van der Waals surface area contributed by atoms with E-state index in [0.29, 0.717) is 25.5 Å². The zero-order valence-electron chi connectivity index (χ0n) is 17.1. The van der Waals surface area contributed by atoms with Gasteiger partial charge >= 0.3 is 0 Å². The van der Waals surface area contributed by atoms with Crippen molar-refractivity contribution in [2.45, 2.75) is 65.0 Å². The highest BCUT2D eigenvalue weighted by Crippen LogP contribution is 2.40. The highest BCUT2D eigenvalue weighted by Gasteiger charge is 2.43. The summed E-state index contributed by atoms with van der Waals surface area (Å²) in [6, 6.07) is 0. The van der Waals surface area contributed by atoms with Crippen LogP contribution in [0, 0.1) is 13.8 Å². The summed E-state index contributed by atoms with van der Waals surface area (Å²) in [6.45, 7) is 10.2. The van der Waals surface area contributed by atoms with E-state index in [-0.39, 0.29) is 18.4 Å². The second kappa shape index (κ2) is 7.24. The lowest BCUT2D eigenvalue weighted by atomic mass is 9.83. The van der Waals surface area contributed by atoms with Gasteiger partial charge in [-0.05, 0) is 38.7 Å². The molecule has 0 N–H and O–H groups in total. The molecule has 0 aromatic carbocycles. The van der Waals surface area contributed by atoms with Gasteiger partial charge in [0.15, 0.2) is 0 Å². The molecule has 0 aliphatic carbocycles. The lowest BCUT2D eigenvalue weighted by molar-refractivity contribution is -0.142. The average Bonchev–Trinajstić information content (AvgIpc) is 2.99. The van der Waals surface area contributed by atoms with E-state index in [1.165, 1.54) is 5.56 Å². The lowest BCUT2D eigenvalue weighted by Crippen LogP contribution is -2.49. The summed E-state index contributed by atoms with van der Waals surface area (Å²) >= 11 is 0. The zero-order chi connectivity index (χ0) is 19.9.